The molecule has 0 saturated heterocycles. The second-order valence-corrected chi connectivity index (χ2v) is 5.80. The summed E-state index contributed by atoms with van der Waals surface area (Å²) in [5, 5.41) is 3.89. The van der Waals surface area contributed by atoms with Gasteiger partial charge in [-0.2, -0.15) is 18.3 Å². The topological polar surface area (TPSA) is 68.9 Å². The van der Waals surface area contributed by atoms with Crippen LogP contribution in [-0.4, -0.2) is 17.9 Å². The predicted molar refractivity (Wildman–Crippen MR) is 101 cm³/mol. The molecule has 0 radical (unpaired) electrons. The molecule has 0 aliphatic heterocycles. The minimum absolute atomic E-state index is 0.0274. The third-order valence-electron chi connectivity index (χ3n) is 3.30. The van der Waals surface area contributed by atoms with Crippen LogP contribution in [0.2, 0.25) is 0 Å². The van der Waals surface area contributed by atoms with E-state index in [2.05, 4.69) is 22.7 Å². The van der Waals surface area contributed by atoms with Gasteiger partial charge in [-0.15, -0.1) is 0 Å². The molecule has 0 saturated carbocycles. The van der Waals surface area contributed by atoms with E-state index >= 15 is 0 Å². The van der Waals surface area contributed by atoms with Crippen LogP contribution in [0.25, 0.3) is 0 Å². The molecule has 0 amide bonds. The van der Waals surface area contributed by atoms with Crippen LogP contribution in [0.15, 0.2) is 47.6 Å². The van der Waals surface area contributed by atoms with Crippen molar-refractivity contribution in [1.82, 2.24) is 5.43 Å². The van der Waals surface area contributed by atoms with Gasteiger partial charge in [0.1, 0.15) is 6.61 Å². The average molecular weight is 397 g/mol. The monoisotopic (exact) mass is 397 g/mol. The summed E-state index contributed by atoms with van der Waals surface area (Å²) in [5.41, 5.74) is 8.11. The maximum atomic E-state index is 12.8. The van der Waals surface area contributed by atoms with Crippen LogP contribution in [-0.2, 0) is 12.8 Å². The Kier molecular flexibility index (Phi) is 7.00. The summed E-state index contributed by atoms with van der Waals surface area (Å²) < 4.78 is 49.6. The lowest BCUT2D eigenvalue weighted by Gasteiger charge is -2.13. The predicted octanol–water partition coefficient (Wildman–Crippen LogP) is 3.85. The van der Waals surface area contributed by atoms with Crippen LogP contribution < -0.4 is 20.6 Å². The molecule has 2 rings (SSSR count). The Balaban J connectivity index is 2.13. The number of halogens is 3. The normalized spacial score (nSPS) is 11.4. The molecule has 2 aromatic carbocycles. The van der Waals surface area contributed by atoms with Crippen molar-refractivity contribution >= 4 is 23.5 Å². The van der Waals surface area contributed by atoms with Crippen molar-refractivity contribution in [2.75, 3.05) is 6.61 Å². The number of nitrogens with one attached hydrogen (secondary N) is 1. The molecule has 144 valence electrons. The lowest BCUT2D eigenvalue weighted by molar-refractivity contribution is -0.137. The summed E-state index contributed by atoms with van der Waals surface area (Å²) in [7, 11) is 0. The fraction of sp³-hybridized carbons (Fsp3) is 0.222. The van der Waals surface area contributed by atoms with Crippen LogP contribution >= 0.6 is 12.2 Å². The number of rotatable bonds is 7. The molecule has 2 aromatic rings. The highest BCUT2D eigenvalue weighted by Gasteiger charge is 2.30. The summed E-state index contributed by atoms with van der Waals surface area (Å²) in [6, 6.07) is 10.1. The summed E-state index contributed by atoms with van der Waals surface area (Å²) in [5.74, 6) is 0.859. The van der Waals surface area contributed by atoms with E-state index < -0.39 is 11.7 Å². The largest absolute Gasteiger partial charge is 0.490 e. The smallest absolute Gasteiger partial charge is 0.416 e. The Morgan fingerprint density at radius 2 is 1.96 bits per heavy atom. The van der Waals surface area contributed by atoms with E-state index in [0.29, 0.717) is 29.2 Å². The van der Waals surface area contributed by atoms with E-state index in [1.807, 2.05) is 6.92 Å². The van der Waals surface area contributed by atoms with Crippen molar-refractivity contribution < 1.29 is 22.6 Å². The first-order valence-electron chi connectivity index (χ1n) is 7.94. The van der Waals surface area contributed by atoms with Crippen molar-refractivity contribution in [2.24, 2.45) is 10.8 Å². The summed E-state index contributed by atoms with van der Waals surface area (Å²) >= 11 is 4.65. The van der Waals surface area contributed by atoms with Gasteiger partial charge >= 0.3 is 6.18 Å². The van der Waals surface area contributed by atoms with Crippen LogP contribution in [0.3, 0.4) is 0 Å². The zero-order valence-corrected chi connectivity index (χ0v) is 15.2. The van der Waals surface area contributed by atoms with E-state index in [0.717, 1.165) is 12.1 Å². The molecule has 0 atom stereocenters. The van der Waals surface area contributed by atoms with Gasteiger partial charge in [0.15, 0.2) is 16.6 Å². The van der Waals surface area contributed by atoms with Gasteiger partial charge in [-0.25, -0.2) is 0 Å². The van der Waals surface area contributed by atoms with Crippen LogP contribution in [0.1, 0.15) is 23.6 Å². The quantitative estimate of drug-likeness (QED) is 0.422. The molecule has 0 aliphatic carbocycles. The first-order chi connectivity index (χ1) is 12.8. The van der Waals surface area contributed by atoms with Crippen molar-refractivity contribution in [3.63, 3.8) is 0 Å². The number of nitrogens with zero attached hydrogens (tertiary/aromatic N) is 1. The molecule has 0 aliphatic rings. The molecule has 0 heterocycles. The van der Waals surface area contributed by atoms with Gasteiger partial charge in [0.25, 0.3) is 0 Å². The molecule has 0 bridgehead atoms. The summed E-state index contributed by atoms with van der Waals surface area (Å²) in [6.45, 7) is 2.18. The standard InChI is InChI=1S/C18H18F3N3O2S/c1-2-25-16-9-12(10-23-24-17(22)27)6-7-15(16)26-11-13-4-3-5-14(8-13)18(19,20)21/h3-10H,2,11H2,1H3,(H3,22,24,27). The van der Waals surface area contributed by atoms with Gasteiger partial charge in [0, 0.05) is 0 Å². The van der Waals surface area contributed by atoms with E-state index in [1.165, 1.54) is 12.3 Å². The maximum Gasteiger partial charge on any atom is 0.416 e. The fourth-order valence-corrected chi connectivity index (χ4v) is 2.21. The highest BCUT2D eigenvalue weighted by molar-refractivity contribution is 7.80. The minimum Gasteiger partial charge on any atom is -0.490 e. The van der Waals surface area contributed by atoms with Gasteiger partial charge in [-0.1, -0.05) is 12.1 Å². The first kappa shape index (κ1) is 20.5. The molecule has 0 unspecified atom stereocenters. The van der Waals surface area contributed by atoms with E-state index in [1.54, 1.807) is 24.3 Å². The SMILES string of the molecule is CCOc1cc(C=NNC(N)=S)ccc1OCc1cccc(C(F)(F)F)c1. The van der Waals surface area contributed by atoms with Gasteiger partial charge in [0.2, 0.25) is 0 Å². The van der Waals surface area contributed by atoms with Crippen LogP contribution in [0.5, 0.6) is 11.5 Å². The number of benzene rings is 2. The summed E-state index contributed by atoms with van der Waals surface area (Å²) in [6.07, 6.45) is -2.90. The van der Waals surface area contributed by atoms with Crippen molar-refractivity contribution in [1.29, 1.82) is 0 Å². The van der Waals surface area contributed by atoms with Crippen LogP contribution in [0, 0.1) is 0 Å². The van der Waals surface area contributed by atoms with Crippen molar-refractivity contribution in [3.8, 4) is 11.5 Å². The molecule has 9 heteroatoms. The number of alkyl halides is 3. The number of hydrogen-bond acceptors (Lipinski definition) is 4. The van der Waals surface area contributed by atoms with E-state index in [9.17, 15) is 13.2 Å². The Labute approximate surface area is 160 Å². The third kappa shape index (κ3) is 6.45. The molecule has 0 aromatic heterocycles. The number of thiocarbonyl (C=S) groups is 1. The summed E-state index contributed by atoms with van der Waals surface area (Å²) in [4.78, 5) is 0. The zero-order valence-electron chi connectivity index (χ0n) is 14.4. The molecular formula is C18H18F3N3O2S. The Morgan fingerprint density at radius 3 is 2.63 bits per heavy atom. The van der Waals surface area contributed by atoms with Crippen molar-refractivity contribution in [3.05, 3.63) is 59.2 Å². The number of hydrogen-bond donors (Lipinski definition) is 2. The van der Waals surface area contributed by atoms with Gasteiger partial charge in [-0.3, -0.25) is 5.43 Å². The van der Waals surface area contributed by atoms with Gasteiger partial charge in [0.05, 0.1) is 18.4 Å². The maximum absolute atomic E-state index is 12.8. The molecule has 27 heavy (non-hydrogen) atoms. The molecule has 0 fully saturated rings. The molecule has 3 N–H and O–H groups in total. The van der Waals surface area contributed by atoms with Crippen LogP contribution in [0.4, 0.5) is 13.2 Å². The zero-order chi connectivity index (χ0) is 19.9. The molecule has 5 nitrogen and oxygen atoms in total. The molecule has 0 spiro atoms. The lowest BCUT2D eigenvalue weighted by Crippen LogP contribution is -2.23. The number of hydrazone groups is 1. The second kappa shape index (κ2) is 9.22. The average Bonchev–Trinajstić information content (AvgIpc) is 2.60. The minimum atomic E-state index is -4.40. The number of ether oxygens (including phenoxy) is 2. The van der Waals surface area contributed by atoms with E-state index in [4.69, 9.17) is 15.2 Å². The fourth-order valence-electron chi connectivity index (χ4n) is 2.16. The lowest BCUT2D eigenvalue weighted by atomic mass is 10.1. The first-order valence-corrected chi connectivity index (χ1v) is 8.34. The van der Waals surface area contributed by atoms with E-state index in [-0.39, 0.29) is 11.7 Å². The highest BCUT2D eigenvalue weighted by Crippen LogP contribution is 2.31. The Morgan fingerprint density at radius 1 is 1.19 bits per heavy atom. The molecular weight excluding hydrogens is 379 g/mol. The van der Waals surface area contributed by atoms with Gasteiger partial charge < -0.3 is 15.2 Å². The van der Waals surface area contributed by atoms with Gasteiger partial charge in [-0.05, 0) is 60.6 Å². The number of nitrogens with two attached hydrogens (primary N) is 1. The van der Waals surface area contributed by atoms with Crippen molar-refractivity contribution in [2.45, 2.75) is 19.7 Å². The second-order valence-electron chi connectivity index (χ2n) is 5.36. The Hall–Kier alpha value is -2.81. The highest BCUT2D eigenvalue weighted by atomic mass is 32.1. The Bertz CT molecular complexity index is 826. The third-order valence-corrected chi connectivity index (χ3v) is 3.40.